The Morgan fingerprint density at radius 3 is 2.76 bits per heavy atom. The van der Waals surface area contributed by atoms with Gasteiger partial charge >= 0.3 is 0 Å². The first-order valence-electron chi connectivity index (χ1n) is 6.24. The molecular weight excluding hydrogens is 288 g/mol. The Hall–Kier alpha value is -2.41. The van der Waals surface area contributed by atoms with Crippen LogP contribution in [-0.2, 0) is 7.05 Å². The molecule has 6 nitrogen and oxygen atoms in total. The Morgan fingerprint density at radius 2 is 2.00 bits per heavy atom. The second-order valence-corrected chi connectivity index (χ2v) is 5.37. The normalized spacial score (nSPS) is 10.9. The summed E-state index contributed by atoms with van der Waals surface area (Å²) in [4.78, 5) is 20.2. The topological polar surface area (TPSA) is 80.9 Å². The molecule has 7 heteroatoms. The first kappa shape index (κ1) is 13.6. The van der Waals surface area contributed by atoms with Crippen molar-refractivity contribution in [3.8, 4) is 5.88 Å². The van der Waals surface area contributed by atoms with E-state index in [4.69, 9.17) is 0 Å². The van der Waals surface area contributed by atoms with Gasteiger partial charge in [-0.05, 0) is 0 Å². The van der Waals surface area contributed by atoms with E-state index in [1.54, 1.807) is 19.2 Å². The Kier molecular flexibility index (Phi) is 3.57. The van der Waals surface area contributed by atoms with Crippen molar-refractivity contribution in [3.63, 3.8) is 0 Å². The SMILES string of the molecule is Cn1nc2c(SCC(=O)c3ccccc3)ncnc2c1O. The number of aryl methyl sites for hydroxylation is 1. The summed E-state index contributed by atoms with van der Waals surface area (Å²) in [5.74, 6) is 0.268. The molecule has 2 heterocycles. The lowest BCUT2D eigenvalue weighted by Gasteiger charge is -2.01. The molecule has 1 N–H and O–H groups in total. The van der Waals surface area contributed by atoms with E-state index in [1.165, 1.54) is 22.8 Å². The van der Waals surface area contributed by atoms with Crippen LogP contribution in [0.2, 0.25) is 0 Å². The average molecular weight is 300 g/mol. The van der Waals surface area contributed by atoms with Gasteiger partial charge in [-0.25, -0.2) is 14.6 Å². The van der Waals surface area contributed by atoms with E-state index in [0.29, 0.717) is 21.6 Å². The third kappa shape index (κ3) is 2.59. The lowest BCUT2D eigenvalue weighted by Crippen LogP contribution is -2.02. The number of hydrogen-bond acceptors (Lipinski definition) is 6. The number of aromatic hydroxyl groups is 1. The summed E-state index contributed by atoms with van der Waals surface area (Å²) in [5.41, 5.74) is 1.56. The first-order chi connectivity index (χ1) is 10.2. The van der Waals surface area contributed by atoms with Crippen LogP contribution in [0.3, 0.4) is 0 Å². The third-order valence-corrected chi connectivity index (χ3v) is 3.97. The van der Waals surface area contributed by atoms with Gasteiger partial charge < -0.3 is 5.11 Å². The zero-order valence-electron chi connectivity index (χ0n) is 11.2. The van der Waals surface area contributed by atoms with Gasteiger partial charge in [-0.2, -0.15) is 5.10 Å². The molecule has 0 spiro atoms. The Balaban J connectivity index is 1.83. The first-order valence-corrected chi connectivity index (χ1v) is 7.23. The van der Waals surface area contributed by atoms with Gasteiger partial charge in [-0.15, -0.1) is 0 Å². The highest BCUT2D eigenvalue weighted by Gasteiger charge is 2.15. The van der Waals surface area contributed by atoms with Crippen LogP contribution in [0.25, 0.3) is 11.0 Å². The summed E-state index contributed by atoms with van der Waals surface area (Å²) in [6.45, 7) is 0. The van der Waals surface area contributed by atoms with Gasteiger partial charge in [0.1, 0.15) is 16.9 Å². The van der Waals surface area contributed by atoms with Crippen molar-refractivity contribution in [1.82, 2.24) is 19.7 Å². The monoisotopic (exact) mass is 300 g/mol. The summed E-state index contributed by atoms with van der Waals surface area (Å²) in [6, 6.07) is 9.10. The minimum atomic E-state index is -0.0105. The summed E-state index contributed by atoms with van der Waals surface area (Å²) in [5, 5.41) is 14.6. The number of carbonyl (C=O) groups excluding carboxylic acids is 1. The second kappa shape index (κ2) is 5.53. The molecule has 0 saturated heterocycles. The Bertz CT molecular complexity index is 801. The maximum atomic E-state index is 12.1. The molecule has 0 atom stereocenters. The van der Waals surface area contributed by atoms with Crippen molar-refractivity contribution in [1.29, 1.82) is 0 Å². The quantitative estimate of drug-likeness (QED) is 0.451. The van der Waals surface area contributed by atoms with E-state index in [0.717, 1.165) is 0 Å². The van der Waals surface area contributed by atoms with Crippen LogP contribution in [-0.4, -0.2) is 36.4 Å². The van der Waals surface area contributed by atoms with Crippen LogP contribution >= 0.6 is 11.8 Å². The van der Waals surface area contributed by atoms with Crippen LogP contribution in [0.1, 0.15) is 10.4 Å². The number of hydrogen-bond donors (Lipinski definition) is 1. The van der Waals surface area contributed by atoms with E-state index in [9.17, 15) is 9.90 Å². The van der Waals surface area contributed by atoms with E-state index >= 15 is 0 Å². The summed E-state index contributed by atoms with van der Waals surface area (Å²) in [7, 11) is 1.63. The Morgan fingerprint density at radius 1 is 1.24 bits per heavy atom. The number of ketones is 1. The fourth-order valence-electron chi connectivity index (χ4n) is 1.91. The lowest BCUT2D eigenvalue weighted by atomic mass is 10.2. The van der Waals surface area contributed by atoms with Crippen LogP contribution < -0.4 is 0 Å². The van der Waals surface area contributed by atoms with Gasteiger partial charge in [-0.1, -0.05) is 42.1 Å². The zero-order valence-corrected chi connectivity index (χ0v) is 12.0. The number of nitrogens with zero attached hydrogens (tertiary/aromatic N) is 4. The number of Topliss-reactive ketones (excluding diaryl/α,β-unsaturated/α-hetero) is 1. The van der Waals surface area contributed by atoms with E-state index in [-0.39, 0.29) is 17.4 Å². The van der Waals surface area contributed by atoms with Crippen LogP contribution in [0, 0.1) is 0 Å². The Labute approximate surface area is 124 Å². The van der Waals surface area contributed by atoms with Crippen LogP contribution in [0.15, 0.2) is 41.7 Å². The maximum absolute atomic E-state index is 12.1. The molecule has 0 fully saturated rings. The molecule has 21 heavy (non-hydrogen) atoms. The molecule has 1 aromatic carbocycles. The van der Waals surface area contributed by atoms with E-state index in [1.807, 2.05) is 18.2 Å². The lowest BCUT2D eigenvalue weighted by molar-refractivity contribution is 0.102. The predicted molar refractivity (Wildman–Crippen MR) is 79.5 cm³/mol. The van der Waals surface area contributed by atoms with Crippen molar-refractivity contribution < 1.29 is 9.90 Å². The van der Waals surface area contributed by atoms with Crippen molar-refractivity contribution in [3.05, 3.63) is 42.2 Å². The average Bonchev–Trinajstić information content (AvgIpc) is 2.81. The standard InChI is InChI=1S/C14H12N4O2S/c1-18-14(20)12-11(17-18)13(16-8-15-12)21-7-10(19)9-5-3-2-4-6-9/h2-6,8,20H,7H2,1H3. The fourth-order valence-corrected chi connectivity index (χ4v) is 2.74. The van der Waals surface area contributed by atoms with Crippen molar-refractivity contribution in [2.75, 3.05) is 5.75 Å². The van der Waals surface area contributed by atoms with Gasteiger partial charge in [0.2, 0.25) is 5.88 Å². The van der Waals surface area contributed by atoms with E-state index < -0.39 is 0 Å². The minimum absolute atomic E-state index is 0.0105. The van der Waals surface area contributed by atoms with Gasteiger partial charge in [0.15, 0.2) is 11.3 Å². The molecule has 0 saturated carbocycles. The molecule has 0 unspecified atom stereocenters. The smallest absolute Gasteiger partial charge is 0.236 e. The predicted octanol–water partition coefficient (Wildman–Crippen LogP) is 2.04. The second-order valence-electron chi connectivity index (χ2n) is 4.40. The summed E-state index contributed by atoms with van der Waals surface area (Å²) in [6.07, 6.45) is 1.36. The summed E-state index contributed by atoms with van der Waals surface area (Å²) < 4.78 is 1.34. The molecular formula is C14H12N4O2S. The van der Waals surface area contributed by atoms with Crippen LogP contribution in [0.5, 0.6) is 5.88 Å². The molecule has 0 radical (unpaired) electrons. The highest BCUT2D eigenvalue weighted by atomic mass is 32.2. The van der Waals surface area contributed by atoms with Gasteiger partial charge in [0.05, 0.1) is 5.75 Å². The van der Waals surface area contributed by atoms with Crippen molar-refractivity contribution >= 4 is 28.6 Å². The van der Waals surface area contributed by atoms with Crippen molar-refractivity contribution in [2.45, 2.75) is 5.03 Å². The number of rotatable bonds is 4. The number of carbonyl (C=O) groups is 1. The molecule has 3 rings (SSSR count). The highest BCUT2D eigenvalue weighted by molar-refractivity contribution is 8.00. The van der Waals surface area contributed by atoms with Gasteiger partial charge in [0.25, 0.3) is 0 Å². The minimum Gasteiger partial charge on any atom is -0.492 e. The number of benzene rings is 1. The number of aromatic nitrogens is 4. The van der Waals surface area contributed by atoms with Gasteiger partial charge in [0, 0.05) is 12.6 Å². The largest absolute Gasteiger partial charge is 0.492 e. The maximum Gasteiger partial charge on any atom is 0.236 e. The highest BCUT2D eigenvalue weighted by Crippen LogP contribution is 2.28. The molecule has 2 aromatic heterocycles. The van der Waals surface area contributed by atoms with E-state index in [2.05, 4.69) is 15.1 Å². The molecule has 0 aliphatic carbocycles. The molecule has 3 aromatic rings. The number of fused-ring (bicyclic) bond motifs is 1. The summed E-state index contributed by atoms with van der Waals surface area (Å²) >= 11 is 1.29. The molecule has 0 aliphatic heterocycles. The number of thioether (sulfide) groups is 1. The van der Waals surface area contributed by atoms with Gasteiger partial charge in [-0.3, -0.25) is 4.79 Å². The fraction of sp³-hybridized carbons (Fsp3) is 0.143. The van der Waals surface area contributed by atoms with Crippen molar-refractivity contribution in [2.24, 2.45) is 7.05 Å². The zero-order chi connectivity index (χ0) is 14.8. The molecule has 0 bridgehead atoms. The third-order valence-electron chi connectivity index (χ3n) is 2.99. The molecule has 0 aliphatic rings. The van der Waals surface area contributed by atoms with Crippen LogP contribution in [0.4, 0.5) is 0 Å². The molecule has 0 amide bonds. The molecule has 106 valence electrons.